The molecule has 1 heterocycles. The number of aliphatic carboxylic acids is 1. The van der Waals surface area contributed by atoms with Gasteiger partial charge in [0.15, 0.2) is 0 Å². The third-order valence-corrected chi connectivity index (χ3v) is 4.30. The van der Waals surface area contributed by atoms with Gasteiger partial charge in [-0.25, -0.2) is 0 Å². The number of nitrogens with zero attached hydrogens (tertiary/aromatic N) is 1. The van der Waals surface area contributed by atoms with Gasteiger partial charge in [-0.05, 0) is 31.1 Å². The fraction of sp³-hybridized carbons (Fsp3) is 0.923. The first-order valence-corrected chi connectivity index (χ1v) is 6.53. The van der Waals surface area contributed by atoms with Crippen molar-refractivity contribution in [1.29, 1.82) is 0 Å². The molecule has 0 aromatic carbocycles. The normalized spacial score (nSPS) is 35.1. The lowest BCUT2D eigenvalue weighted by atomic mass is 9.85. The van der Waals surface area contributed by atoms with Gasteiger partial charge in [0.05, 0.1) is 0 Å². The Morgan fingerprint density at radius 1 is 1.19 bits per heavy atom. The Bertz CT molecular complexity index is 261. The Morgan fingerprint density at radius 3 is 2.12 bits per heavy atom. The van der Waals surface area contributed by atoms with Gasteiger partial charge >= 0.3 is 5.97 Å². The fourth-order valence-electron chi connectivity index (χ4n) is 3.64. The number of rotatable bonds is 2. The van der Waals surface area contributed by atoms with Gasteiger partial charge in [0, 0.05) is 13.1 Å². The van der Waals surface area contributed by atoms with Crippen LogP contribution < -0.4 is 0 Å². The molecule has 1 saturated heterocycles. The molecule has 0 radical (unpaired) electrons. The second-order valence-electron chi connectivity index (χ2n) is 5.89. The highest BCUT2D eigenvalue weighted by molar-refractivity contribution is 5.79. The maximum Gasteiger partial charge on any atom is 0.324 e. The average molecular weight is 225 g/mol. The molecule has 3 nitrogen and oxygen atoms in total. The van der Waals surface area contributed by atoms with Crippen LogP contribution in [-0.4, -0.2) is 34.6 Å². The summed E-state index contributed by atoms with van der Waals surface area (Å²) in [5, 5.41) is 9.55. The molecule has 2 rings (SSSR count). The molecule has 0 aromatic rings. The zero-order chi connectivity index (χ0) is 11.8. The smallest absolute Gasteiger partial charge is 0.324 e. The van der Waals surface area contributed by atoms with Crippen molar-refractivity contribution in [1.82, 2.24) is 4.90 Å². The van der Waals surface area contributed by atoms with Crippen LogP contribution in [0.15, 0.2) is 0 Å². The SMILES string of the molecule is CC1CC(C)CN(C2(C(=O)O)CCCC2)C1. The van der Waals surface area contributed by atoms with Crippen molar-refractivity contribution in [3.05, 3.63) is 0 Å². The molecule has 0 bridgehead atoms. The van der Waals surface area contributed by atoms with E-state index in [0.717, 1.165) is 38.8 Å². The molecule has 1 N–H and O–H groups in total. The van der Waals surface area contributed by atoms with E-state index >= 15 is 0 Å². The van der Waals surface area contributed by atoms with Crippen LogP contribution in [0, 0.1) is 11.8 Å². The summed E-state index contributed by atoms with van der Waals surface area (Å²) in [4.78, 5) is 13.9. The van der Waals surface area contributed by atoms with E-state index in [4.69, 9.17) is 0 Å². The Labute approximate surface area is 97.8 Å². The Hall–Kier alpha value is -0.570. The number of carboxylic acids is 1. The molecular weight excluding hydrogens is 202 g/mol. The molecular formula is C13H23NO2. The minimum Gasteiger partial charge on any atom is -0.480 e. The third-order valence-electron chi connectivity index (χ3n) is 4.30. The largest absolute Gasteiger partial charge is 0.480 e. The summed E-state index contributed by atoms with van der Waals surface area (Å²) < 4.78 is 0. The molecule has 16 heavy (non-hydrogen) atoms. The van der Waals surface area contributed by atoms with E-state index in [1.807, 2.05) is 0 Å². The number of hydrogen-bond donors (Lipinski definition) is 1. The molecule has 1 aliphatic carbocycles. The maximum absolute atomic E-state index is 11.6. The molecule has 2 fully saturated rings. The summed E-state index contributed by atoms with van der Waals surface area (Å²) in [6.07, 6.45) is 5.09. The summed E-state index contributed by atoms with van der Waals surface area (Å²) in [6, 6.07) is 0. The summed E-state index contributed by atoms with van der Waals surface area (Å²) in [5.74, 6) is 0.687. The van der Waals surface area contributed by atoms with Crippen LogP contribution in [0.1, 0.15) is 46.0 Å². The highest BCUT2D eigenvalue weighted by Crippen LogP contribution is 2.38. The van der Waals surface area contributed by atoms with Gasteiger partial charge in [-0.1, -0.05) is 26.7 Å². The first-order chi connectivity index (χ1) is 7.54. The second kappa shape index (κ2) is 4.36. The highest BCUT2D eigenvalue weighted by Gasteiger charge is 2.47. The average Bonchev–Trinajstić information content (AvgIpc) is 2.65. The second-order valence-corrected chi connectivity index (χ2v) is 5.89. The van der Waals surface area contributed by atoms with Crippen LogP contribution in [0.3, 0.4) is 0 Å². The summed E-state index contributed by atoms with van der Waals surface area (Å²) in [5.41, 5.74) is -0.525. The topological polar surface area (TPSA) is 40.5 Å². The molecule has 1 aliphatic heterocycles. The molecule has 2 unspecified atom stereocenters. The van der Waals surface area contributed by atoms with Gasteiger partial charge in [0.2, 0.25) is 0 Å². The zero-order valence-electron chi connectivity index (χ0n) is 10.4. The number of hydrogen-bond acceptors (Lipinski definition) is 2. The van der Waals surface area contributed by atoms with E-state index in [9.17, 15) is 9.90 Å². The van der Waals surface area contributed by atoms with E-state index < -0.39 is 11.5 Å². The first kappa shape index (κ1) is 11.9. The zero-order valence-corrected chi connectivity index (χ0v) is 10.4. The van der Waals surface area contributed by atoms with Crippen LogP contribution in [0.25, 0.3) is 0 Å². The quantitative estimate of drug-likeness (QED) is 0.784. The number of likely N-dealkylation sites (tertiary alicyclic amines) is 1. The van der Waals surface area contributed by atoms with Gasteiger partial charge in [0.25, 0.3) is 0 Å². The third kappa shape index (κ3) is 1.97. The van der Waals surface area contributed by atoms with Gasteiger partial charge in [-0.15, -0.1) is 0 Å². The van der Waals surface area contributed by atoms with Crippen molar-refractivity contribution in [2.24, 2.45) is 11.8 Å². The molecule has 2 aliphatic rings. The Morgan fingerprint density at radius 2 is 1.69 bits per heavy atom. The van der Waals surface area contributed by atoms with E-state index in [0.29, 0.717) is 11.8 Å². The molecule has 3 heteroatoms. The molecule has 0 spiro atoms. The standard InChI is InChI=1S/C13H23NO2/c1-10-7-11(2)9-14(8-10)13(12(15)16)5-3-4-6-13/h10-11H,3-9H2,1-2H3,(H,15,16). The highest BCUT2D eigenvalue weighted by atomic mass is 16.4. The first-order valence-electron chi connectivity index (χ1n) is 6.53. The lowest BCUT2D eigenvalue weighted by Crippen LogP contribution is -2.57. The van der Waals surface area contributed by atoms with Crippen molar-refractivity contribution < 1.29 is 9.90 Å². The lowest BCUT2D eigenvalue weighted by Gasteiger charge is -2.44. The predicted molar refractivity (Wildman–Crippen MR) is 63.4 cm³/mol. The van der Waals surface area contributed by atoms with E-state index in [2.05, 4.69) is 18.7 Å². The van der Waals surface area contributed by atoms with Crippen LogP contribution in [0.2, 0.25) is 0 Å². The van der Waals surface area contributed by atoms with Crippen LogP contribution in [0.5, 0.6) is 0 Å². The number of carbonyl (C=O) groups is 1. The minimum absolute atomic E-state index is 0.525. The van der Waals surface area contributed by atoms with Crippen LogP contribution >= 0.6 is 0 Å². The molecule has 2 atom stereocenters. The molecule has 92 valence electrons. The summed E-state index contributed by atoms with van der Waals surface area (Å²) in [7, 11) is 0. The van der Waals surface area contributed by atoms with Crippen LogP contribution in [0.4, 0.5) is 0 Å². The van der Waals surface area contributed by atoms with Gasteiger partial charge in [-0.2, -0.15) is 0 Å². The molecule has 1 saturated carbocycles. The van der Waals surface area contributed by atoms with Crippen molar-refractivity contribution >= 4 is 5.97 Å². The van der Waals surface area contributed by atoms with Gasteiger partial charge < -0.3 is 5.11 Å². The Kier molecular flexibility index (Phi) is 3.24. The number of piperidine rings is 1. The molecule has 0 aromatic heterocycles. The summed E-state index contributed by atoms with van der Waals surface area (Å²) >= 11 is 0. The van der Waals surface area contributed by atoms with Gasteiger partial charge in [0.1, 0.15) is 5.54 Å². The fourth-order valence-corrected chi connectivity index (χ4v) is 3.64. The maximum atomic E-state index is 11.6. The van der Waals surface area contributed by atoms with Crippen molar-refractivity contribution in [2.45, 2.75) is 51.5 Å². The lowest BCUT2D eigenvalue weighted by molar-refractivity contribution is -0.153. The minimum atomic E-state index is -0.591. The monoisotopic (exact) mass is 225 g/mol. The van der Waals surface area contributed by atoms with Crippen molar-refractivity contribution in [3.8, 4) is 0 Å². The summed E-state index contributed by atoms with van der Waals surface area (Å²) in [6.45, 7) is 6.42. The predicted octanol–water partition coefficient (Wildman–Crippen LogP) is 2.36. The van der Waals surface area contributed by atoms with E-state index in [-0.39, 0.29) is 0 Å². The van der Waals surface area contributed by atoms with E-state index in [1.54, 1.807) is 0 Å². The van der Waals surface area contributed by atoms with Crippen molar-refractivity contribution in [2.75, 3.05) is 13.1 Å². The number of carboxylic acid groups (broad SMARTS) is 1. The van der Waals surface area contributed by atoms with Gasteiger partial charge in [-0.3, -0.25) is 9.69 Å². The molecule has 0 amide bonds. The van der Waals surface area contributed by atoms with Crippen molar-refractivity contribution in [3.63, 3.8) is 0 Å². The van der Waals surface area contributed by atoms with Crippen LogP contribution in [-0.2, 0) is 4.79 Å². The van der Waals surface area contributed by atoms with E-state index in [1.165, 1.54) is 6.42 Å². The Balaban J connectivity index is 2.17.